The summed E-state index contributed by atoms with van der Waals surface area (Å²) in [6, 6.07) is 0. The van der Waals surface area contributed by atoms with Gasteiger partial charge in [-0.3, -0.25) is 9.59 Å². The van der Waals surface area contributed by atoms with Crippen LogP contribution in [0.1, 0.15) is 27.2 Å². The quantitative estimate of drug-likeness (QED) is 0.428. The summed E-state index contributed by atoms with van der Waals surface area (Å²) in [5, 5.41) is 8.88. The minimum absolute atomic E-state index is 0.0259. The Bertz CT molecular complexity index is 308. The Hall–Kier alpha value is -1.54. The summed E-state index contributed by atoms with van der Waals surface area (Å²) in [5.41, 5.74) is -0.625. The van der Waals surface area contributed by atoms with Crippen LogP contribution in [-0.2, 0) is 19.1 Å². The van der Waals surface area contributed by atoms with E-state index in [0.717, 1.165) is 0 Å². The Morgan fingerprint density at radius 2 is 2.00 bits per heavy atom. The smallest absolute Gasteiger partial charge is 0.309 e. The highest BCUT2D eigenvalue weighted by molar-refractivity contribution is 5.79. The molecule has 5 nitrogen and oxygen atoms in total. The maximum atomic E-state index is 11.4. The van der Waals surface area contributed by atoms with E-state index in [0.29, 0.717) is 0 Å². The number of hydrogen-bond donors (Lipinski definition) is 1. The number of terminal acetylenes is 1. The van der Waals surface area contributed by atoms with E-state index >= 15 is 0 Å². The van der Waals surface area contributed by atoms with Crippen molar-refractivity contribution in [3.05, 3.63) is 0 Å². The Kier molecular flexibility index (Phi) is 6.29. The molecular formula is C12H18O5. The lowest BCUT2D eigenvalue weighted by Gasteiger charge is -2.20. The molecule has 0 bridgehead atoms. The zero-order chi connectivity index (χ0) is 13.5. The number of esters is 1. The van der Waals surface area contributed by atoms with Gasteiger partial charge in [0, 0.05) is 0 Å². The van der Waals surface area contributed by atoms with Gasteiger partial charge in [0.1, 0.15) is 12.2 Å². The second-order valence-corrected chi connectivity index (χ2v) is 4.54. The van der Waals surface area contributed by atoms with Crippen LogP contribution >= 0.6 is 0 Å². The van der Waals surface area contributed by atoms with Gasteiger partial charge in [-0.05, 0) is 20.8 Å². The minimum atomic E-state index is -1.10. The lowest BCUT2D eigenvalue weighted by molar-refractivity contribution is -0.161. The highest BCUT2D eigenvalue weighted by atomic mass is 16.6. The van der Waals surface area contributed by atoms with E-state index in [1.807, 2.05) is 0 Å². The largest absolute Gasteiger partial charge is 0.481 e. The molecule has 0 aromatic heterocycles. The Morgan fingerprint density at radius 1 is 1.41 bits per heavy atom. The molecule has 0 fully saturated rings. The first-order chi connectivity index (χ1) is 7.76. The number of aliphatic carboxylic acids is 1. The average Bonchev–Trinajstić information content (AvgIpc) is 2.13. The van der Waals surface area contributed by atoms with Gasteiger partial charge < -0.3 is 14.6 Å². The fraction of sp³-hybridized carbons (Fsp3) is 0.667. The van der Waals surface area contributed by atoms with Crippen molar-refractivity contribution in [1.82, 2.24) is 0 Å². The maximum Gasteiger partial charge on any atom is 0.309 e. The average molecular weight is 242 g/mol. The van der Waals surface area contributed by atoms with Crippen molar-refractivity contribution in [1.29, 1.82) is 0 Å². The molecule has 1 atom stereocenters. The molecule has 0 aliphatic heterocycles. The van der Waals surface area contributed by atoms with Gasteiger partial charge in [0.2, 0.25) is 0 Å². The fourth-order valence-corrected chi connectivity index (χ4v) is 1.06. The van der Waals surface area contributed by atoms with E-state index in [-0.39, 0.29) is 19.6 Å². The van der Waals surface area contributed by atoms with Crippen LogP contribution in [0.3, 0.4) is 0 Å². The van der Waals surface area contributed by atoms with Gasteiger partial charge in [-0.15, -0.1) is 6.42 Å². The molecule has 0 rings (SSSR count). The van der Waals surface area contributed by atoms with Gasteiger partial charge in [-0.25, -0.2) is 0 Å². The zero-order valence-electron chi connectivity index (χ0n) is 10.4. The minimum Gasteiger partial charge on any atom is -0.481 e. The Balaban J connectivity index is 4.22. The number of carboxylic acid groups (broad SMARTS) is 1. The topological polar surface area (TPSA) is 72.8 Å². The third-order valence-corrected chi connectivity index (χ3v) is 1.69. The van der Waals surface area contributed by atoms with E-state index in [4.69, 9.17) is 21.0 Å². The molecule has 96 valence electrons. The molecule has 5 heteroatoms. The van der Waals surface area contributed by atoms with Crippen molar-refractivity contribution < 1.29 is 24.2 Å². The second-order valence-electron chi connectivity index (χ2n) is 4.54. The summed E-state index contributed by atoms with van der Waals surface area (Å²) in [7, 11) is 0. The molecule has 0 spiro atoms. The number of carbonyl (C=O) groups is 2. The van der Waals surface area contributed by atoms with Crippen LogP contribution in [0.4, 0.5) is 0 Å². The lowest BCUT2D eigenvalue weighted by Crippen LogP contribution is -2.29. The number of hydrogen-bond acceptors (Lipinski definition) is 4. The van der Waals surface area contributed by atoms with Gasteiger partial charge in [-0.1, -0.05) is 5.92 Å². The van der Waals surface area contributed by atoms with Crippen molar-refractivity contribution in [3.8, 4) is 12.3 Å². The molecule has 0 radical (unpaired) electrons. The van der Waals surface area contributed by atoms with Gasteiger partial charge in [0.25, 0.3) is 0 Å². The van der Waals surface area contributed by atoms with E-state index < -0.39 is 23.5 Å². The molecule has 0 heterocycles. The summed E-state index contributed by atoms with van der Waals surface area (Å²) in [6.07, 6.45) is 4.74. The summed E-state index contributed by atoms with van der Waals surface area (Å²) in [4.78, 5) is 22.3. The summed E-state index contributed by atoms with van der Waals surface area (Å²) >= 11 is 0. The van der Waals surface area contributed by atoms with Crippen LogP contribution in [0.25, 0.3) is 0 Å². The molecule has 0 unspecified atom stereocenters. The van der Waals surface area contributed by atoms with Crippen molar-refractivity contribution in [2.45, 2.75) is 32.8 Å². The summed E-state index contributed by atoms with van der Waals surface area (Å²) < 4.78 is 9.94. The van der Waals surface area contributed by atoms with E-state index in [1.165, 1.54) is 0 Å². The maximum absolute atomic E-state index is 11.4. The molecule has 0 aromatic rings. The second kappa shape index (κ2) is 6.92. The lowest BCUT2D eigenvalue weighted by atomic mass is 10.1. The van der Waals surface area contributed by atoms with Crippen LogP contribution in [0, 0.1) is 18.3 Å². The molecular weight excluding hydrogens is 224 g/mol. The zero-order valence-corrected chi connectivity index (χ0v) is 10.4. The van der Waals surface area contributed by atoms with Gasteiger partial charge in [-0.2, -0.15) is 0 Å². The van der Waals surface area contributed by atoms with Crippen LogP contribution in [0.2, 0.25) is 0 Å². The monoisotopic (exact) mass is 242 g/mol. The third kappa shape index (κ3) is 8.29. The fourth-order valence-electron chi connectivity index (χ4n) is 1.06. The van der Waals surface area contributed by atoms with E-state index in [9.17, 15) is 9.59 Å². The first kappa shape index (κ1) is 15.5. The highest BCUT2D eigenvalue weighted by Crippen LogP contribution is 2.12. The van der Waals surface area contributed by atoms with Crippen LogP contribution in [-0.4, -0.2) is 35.9 Å². The van der Waals surface area contributed by atoms with Gasteiger partial charge in [0.05, 0.1) is 18.9 Å². The highest BCUT2D eigenvalue weighted by Gasteiger charge is 2.25. The normalized spacial score (nSPS) is 12.6. The summed E-state index contributed by atoms with van der Waals surface area (Å²) in [5.74, 6) is -0.375. The first-order valence-electron chi connectivity index (χ1n) is 5.22. The molecule has 17 heavy (non-hydrogen) atoms. The number of ether oxygens (including phenoxy) is 2. The Labute approximate surface area is 101 Å². The third-order valence-electron chi connectivity index (χ3n) is 1.69. The molecule has 0 aromatic carbocycles. The SMILES string of the molecule is C#CCOC[C@H](CC(=O)OC(C)(C)C)C(=O)O. The van der Waals surface area contributed by atoms with Crippen molar-refractivity contribution in [2.24, 2.45) is 5.92 Å². The van der Waals surface area contributed by atoms with Crippen molar-refractivity contribution in [2.75, 3.05) is 13.2 Å². The van der Waals surface area contributed by atoms with Crippen molar-refractivity contribution in [3.63, 3.8) is 0 Å². The molecule has 0 saturated heterocycles. The predicted molar refractivity (Wildman–Crippen MR) is 61.2 cm³/mol. The van der Waals surface area contributed by atoms with Gasteiger partial charge in [0.15, 0.2) is 0 Å². The number of carbonyl (C=O) groups excluding carboxylic acids is 1. The van der Waals surface area contributed by atoms with Crippen LogP contribution < -0.4 is 0 Å². The van der Waals surface area contributed by atoms with Crippen molar-refractivity contribution >= 4 is 11.9 Å². The van der Waals surface area contributed by atoms with E-state index in [2.05, 4.69) is 5.92 Å². The molecule has 0 saturated carbocycles. The molecule has 0 aliphatic carbocycles. The number of carboxylic acids is 1. The summed E-state index contributed by atoms with van der Waals surface area (Å²) in [6.45, 7) is 5.08. The molecule has 1 N–H and O–H groups in total. The van der Waals surface area contributed by atoms with Gasteiger partial charge >= 0.3 is 11.9 Å². The van der Waals surface area contributed by atoms with E-state index in [1.54, 1.807) is 20.8 Å². The Morgan fingerprint density at radius 3 is 2.41 bits per heavy atom. The first-order valence-corrected chi connectivity index (χ1v) is 5.22. The predicted octanol–water partition coefficient (Wildman–Crippen LogP) is 1.07. The van der Waals surface area contributed by atoms with Crippen LogP contribution in [0.15, 0.2) is 0 Å². The van der Waals surface area contributed by atoms with Crippen LogP contribution in [0.5, 0.6) is 0 Å². The standard InChI is InChI=1S/C12H18O5/c1-5-6-16-8-9(11(14)15)7-10(13)17-12(2,3)4/h1,9H,6-8H2,2-4H3,(H,14,15)/t9-/m0/s1. The molecule has 0 aliphatic rings. The number of rotatable bonds is 6. The molecule has 0 amide bonds.